The third kappa shape index (κ3) is 3.49. The second kappa shape index (κ2) is 5.30. The van der Waals surface area contributed by atoms with Crippen molar-refractivity contribution in [3.63, 3.8) is 0 Å². The van der Waals surface area contributed by atoms with Gasteiger partial charge >= 0.3 is 0 Å². The SMILES string of the molecule is CNC(CCc1cccnc1N)C(C)(C)C. The maximum Gasteiger partial charge on any atom is 0.126 e. The summed E-state index contributed by atoms with van der Waals surface area (Å²) in [6, 6.07) is 4.49. The molecule has 0 aliphatic rings. The van der Waals surface area contributed by atoms with Crippen LogP contribution in [-0.4, -0.2) is 18.1 Å². The molecule has 3 N–H and O–H groups in total. The number of aromatic nitrogens is 1. The van der Waals surface area contributed by atoms with Crippen LogP contribution in [0.5, 0.6) is 0 Å². The Balaban J connectivity index is 2.60. The second-order valence-corrected chi connectivity index (χ2v) is 5.29. The lowest BCUT2D eigenvalue weighted by Crippen LogP contribution is -2.38. The number of rotatable bonds is 4. The molecule has 3 nitrogen and oxygen atoms in total. The highest BCUT2D eigenvalue weighted by atomic mass is 14.9. The molecule has 1 heterocycles. The van der Waals surface area contributed by atoms with E-state index in [9.17, 15) is 0 Å². The van der Waals surface area contributed by atoms with Gasteiger partial charge in [0.05, 0.1) is 0 Å². The number of nitrogens with one attached hydrogen (secondary N) is 1. The lowest BCUT2D eigenvalue weighted by Gasteiger charge is -2.30. The molecule has 1 aromatic rings. The second-order valence-electron chi connectivity index (χ2n) is 5.29. The monoisotopic (exact) mass is 221 g/mol. The van der Waals surface area contributed by atoms with E-state index in [0.717, 1.165) is 18.4 Å². The molecule has 0 aromatic carbocycles. The molecule has 1 aromatic heterocycles. The van der Waals surface area contributed by atoms with E-state index in [1.54, 1.807) is 6.20 Å². The highest BCUT2D eigenvalue weighted by molar-refractivity contribution is 5.38. The topological polar surface area (TPSA) is 50.9 Å². The van der Waals surface area contributed by atoms with Gasteiger partial charge in [0.1, 0.15) is 5.82 Å². The van der Waals surface area contributed by atoms with Gasteiger partial charge in [0, 0.05) is 12.2 Å². The zero-order valence-electron chi connectivity index (χ0n) is 10.7. The van der Waals surface area contributed by atoms with E-state index in [0.29, 0.717) is 11.9 Å². The van der Waals surface area contributed by atoms with Crippen molar-refractivity contribution >= 4 is 5.82 Å². The highest BCUT2D eigenvalue weighted by Gasteiger charge is 2.22. The highest BCUT2D eigenvalue weighted by Crippen LogP contribution is 2.23. The van der Waals surface area contributed by atoms with Crippen LogP contribution in [0, 0.1) is 5.41 Å². The van der Waals surface area contributed by atoms with Crippen LogP contribution in [0.3, 0.4) is 0 Å². The molecule has 1 atom stereocenters. The summed E-state index contributed by atoms with van der Waals surface area (Å²) in [4.78, 5) is 4.10. The summed E-state index contributed by atoms with van der Waals surface area (Å²) in [6.07, 6.45) is 3.79. The van der Waals surface area contributed by atoms with Crippen LogP contribution < -0.4 is 11.1 Å². The number of nitrogen functional groups attached to an aromatic ring is 1. The van der Waals surface area contributed by atoms with Crippen molar-refractivity contribution in [1.29, 1.82) is 0 Å². The number of hydrogen-bond acceptors (Lipinski definition) is 3. The van der Waals surface area contributed by atoms with Crippen LogP contribution >= 0.6 is 0 Å². The predicted octanol–water partition coefficient (Wildman–Crippen LogP) is 2.23. The van der Waals surface area contributed by atoms with Gasteiger partial charge in [0.2, 0.25) is 0 Å². The van der Waals surface area contributed by atoms with E-state index in [1.165, 1.54) is 0 Å². The minimum Gasteiger partial charge on any atom is -0.383 e. The number of nitrogens with zero attached hydrogens (tertiary/aromatic N) is 1. The van der Waals surface area contributed by atoms with Crippen molar-refractivity contribution in [1.82, 2.24) is 10.3 Å². The summed E-state index contributed by atoms with van der Waals surface area (Å²) in [5, 5.41) is 3.37. The summed E-state index contributed by atoms with van der Waals surface area (Å²) in [5.41, 5.74) is 7.24. The predicted molar refractivity (Wildman–Crippen MR) is 69.3 cm³/mol. The first-order valence-corrected chi connectivity index (χ1v) is 5.81. The van der Waals surface area contributed by atoms with Gasteiger partial charge < -0.3 is 11.1 Å². The Labute approximate surface area is 98.5 Å². The summed E-state index contributed by atoms with van der Waals surface area (Å²) in [6.45, 7) is 6.75. The van der Waals surface area contributed by atoms with Gasteiger partial charge in [-0.25, -0.2) is 4.98 Å². The van der Waals surface area contributed by atoms with Crippen molar-refractivity contribution in [2.75, 3.05) is 12.8 Å². The minimum atomic E-state index is 0.270. The van der Waals surface area contributed by atoms with E-state index in [2.05, 4.69) is 37.1 Å². The Morgan fingerprint density at radius 3 is 2.62 bits per heavy atom. The van der Waals surface area contributed by atoms with Crippen LogP contribution in [0.4, 0.5) is 5.82 Å². The standard InChI is InChI=1S/C13H23N3/c1-13(2,3)11(15-4)8-7-10-6-5-9-16-12(10)14/h5-6,9,11,15H,7-8H2,1-4H3,(H2,14,16). The van der Waals surface area contributed by atoms with Gasteiger partial charge in [-0.05, 0) is 36.9 Å². The number of nitrogens with two attached hydrogens (primary N) is 1. The lowest BCUT2D eigenvalue weighted by molar-refractivity contribution is 0.268. The zero-order valence-corrected chi connectivity index (χ0v) is 10.7. The first-order chi connectivity index (χ1) is 7.45. The Morgan fingerprint density at radius 1 is 1.44 bits per heavy atom. The first-order valence-electron chi connectivity index (χ1n) is 5.81. The Hall–Kier alpha value is -1.09. The number of anilines is 1. The molecular weight excluding hydrogens is 198 g/mol. The van der Waals surface area contributed by atoms with Crippen molar-refractivity contribution in [2.45, 2.75) is 39.7 Å². The molecule has 3 heteroatoms. The molecule has 0 amide bonds. The third-order valence-electron chi connectivity index (χ3n) is 3.02. The van der Waals surface area contributed by atoms with Crippen molar-refractivity contribution in [3.05, 3.63) is 23.9 Å². The Bertz CT molecular complexity index is 328. The van der Waals surface area contributed by atoms with Crippen LogP contribution in [-0.2, 0) is 6.42 Å². The molecule has 0 spiro atoms. The van der Waals surface area contributed by atoms with Crippen molar-refractivity contribution in [2.24, 2.45) is 5.41 Å². The molecule has 0 radical (unpaired) electrons. The fraction of sp³-hybridized carbons (Fsp3) is 0.615. The van der Waals surface area contributed by atoms with Gasteiger partial charge in [0.25, 0.3) is 0 Å². The molecule has 90 valence electrons. The van der Waals surface area contributed by atoms with E-state index in [-0.39, 0.29) is 5.41 Å². The van der Waals surface area contributed by atoms with E-state index < -0.39 is 0 Å². The molecule has 0 saturated heterocycles. The van der Waals surface area contributed by atoms with Gasteiger partial charge in [-0.1, -0.05) is 26.8 Å². The number of pyridine rings is 1. The quantitative estimate of drug-likeness (QED) is 0.819. The van der Waals surface area contributed by atoms with E-state index in [1.807, 2.05) is 13.1 Å². The van der Waals surface area contributed by atoms with Crippen LogP contribution in [0.1, 0.15) is 32.8 Å². The normalized spacial score (nSPS) is 13.8. The molecule has 1 unspecified atom stereocenters. The summed E-state index contributed by atoms with van der Waals surface area (Å²) in [5.74, 6) is 0.659. The average molecular weight is 221 g/mol. The maximum atomic E-state index is 5.83. The average Bonchev–Trinajstić information content (AvgIpc) is 2.19. The fourth-order valence-corrected chi connectivity index (χ4v) is 1.97. The van der Waals surface area contributed by atoms with Crippen LogP contribution in [0.15, 0.2) is 18.3 Å². The van der Waals surface area contributed by atoms with Gasteiger partial charge in [0.15, 0.2) is 0 Å². The molecule has 0 aliphatic heterocycles. The third-order valence-corrected chi connectivity index (χ3v) is 3.02. The van der Waals surface area contributed by atoms with Gasteiger partial charge in [-0.3, -0.25) is 0 Å². The number of aryl methyl sites for hydroxylation is 1. The Kier molecular flexibility index (Phi) is 4.30. The molecular formula is C13H23N3. The summed E-state index contributed by atoms with van der Waals surface area (Å²) < 4.78 is 0. The van der Waals surface area contributed by atoms with Crippen LogP contribution in [0.2, 0.25) is 0 Å². The zero-order chi connectivity index (χ0) is 12.2. The lowest BCUT2D eigenvalue weighted by atomic mass is 9.83. The van der Waals surface area contributed by atoms with Gasteiger partial charge in [-0.15, -0.1) is 0 Å². The molecule has 0 bridgehead atoms. The van der Waals surface area contributed by atoms with E-state index >= 15 is 0 Å². The first kappa shape index (κ1) is 13.0. The van der Waals surface area contributed by atoms with Crippen molar-refractivity contribution < 1.29 is 0 Å². The Morgan fingerprint density at radius 2 is 2.12 bits per heavy atom. The molecule has 1 rings (SSSR count). The fourth-order valence-electron chi connectivity index (χ4n) is 1.97. The molecule has 16 heavy (non-hydrogen) atoms. The maximum absolute atomic E-state index is 5.83. The smallest absolute Gasteiger partial charge is 0.126 e. The van der Waals surface area contributed by atoms with E-state index in [4.69, 9.17) is 5.73 Å². The largest absolute Gasteiger partial charge is 0.383 e. The van der Waals surface area contributed by atoms with Crippen LogP contribution in [0.25, 0.3) is 0 Å². The molecule has 0 fully saturated rings. The number of hydrogen-bond donors (Lipinski definition) is 2. The summed E-state index contributed by atoms with van der Waals surface area (Å²) >= 11 is 0. The van der Waals surface area contributed by atoms with Crippen molar-refractivity contribution in [3.8, 4) is 0 Å². The summed E-state index contributed by atoms with van der Waals surface area (Å²) in [7, 11) is 2.02. The molecule has 0 saturated carbocycles. The molecule has 0 aliphatic carbocycles. The van der Waals surface area contributed by atoms with Gasteiger partial charge in [-0.2, -0.15) is 0 Å². The minimum absolute atomic E-state index is 0.270.